The van der Waals surface area contributed by atoms with Gasteiger partial charge in [0, 0.05) is 24.8 Å². The Morgan fingerprint density at radius 3 is 2.42 bits per heavy atom. The molecular weight excluding hydrogens is 354 g/mol. The van der Waals surface area contributed by atoms with E-state index < -0.39 is 15.9 Å². The molecule has 0 radical (unpaired) electrons. The number of anilines is 1. The molecule has 26 heavy (non-hydrogen) atoms. The van der Waals surface area contributed by atoms with E-state index >= 15 is 0 Å². The molecule has 140 valence electrons. The van der Waals surface area contributed by atoms with Gasteiger partial charge in [0.1, 0.15) is 16.5 Å². The zero-order valence-corrected chi connectivity index (χ0v) is 16.1. The van der Waals surface area contributed by atoms with Crippen molar-refractivity contribution >= 4 is 21.7 Å². The molecule has 0 saturated carbocycles. The number of nitrogens with zero attached hydrogens (tertiary/aromatic N) is 2. The van der Waals surface area contributed by atoms with Crippen LogP contribution >= 0.6 is 0 Å². The molecule has 0 spiro atoms. The van der Waals surface area contributed by atoms with E-state index in [1.54, 1.807) is 26.1 Å². The second kappa shape index (κ2) is 8.29. The molecule has 0 aliphatic rings. The van der Waals surface area contributed by atoms with E-state index in [1.165, 1.54) is 29.6 Å². The molecular formula is C18H23N3O4S. The van der Waals surface area contributed by atoms with E-state index in [0.29, 0.717) is 18.9 Å². The minimum Gasteiger partial charge on any atom is -0.495 e. The van der Waals surface area contributed by atoms with E-state index in [4.69, 9.17) is 4.74 Å². The van der Waals surface area contributed by atoms with Gasteiger partial charge in [-0.15, -0.1) is 0 Å². The number of pyridine rings is 1. The predicted octanol–water partition coefficient (Wildman–Crippen LogP) is 2.68. The Morgan fingerprint density at radius 1 is 1.19 bits per heavy atom. The maximum atomic E-state index is 12.8. The smallest absolute Gasteiger partial charge is 0.256 e. The van der Waals surface area contributed by atoms with E-state index in [-0.39, 0.29) is 16.2 Å². The first-order valence-corrected chi connectivity index (χ1v) is 9.69. The lowest BCUT2D eigenvalue weighted by atomic mass is 10.2. The van der Waals surface area contributed by atoms with Crippen molar-refractivity contribution in [2.45, 2.75) is 25.7 Å². The summed E-state index contributed by atoms with van der Waals surface area (Å²) in [6.45, 7) is 6.06. The SMILES string of the molecule is CCN(CC)S(=O)(=O)c1cc(C(=O)Nc2ccc(C)cn2)ccc1OC. The summed E-state index contributed by atoms with van der Waals surface area (Å²) in [7, 11) is -2.37. The van der Waals surface area contributed by atoms with Crippen LogP contribution in [0.15, 0.2) is 41.4 Å². The van der Waals surface area contributed by atoms with Crippen LogP contribution in [0.1, 0.15) is 29.8 Å². The Bertz CT molecular complexity index is 876. The molecule has 2 rings (SSSR count). The summed E-state index contributed by atoms with van der Waals surface area (Å²) in [5.74, 6) is 0.145. The molecule has 0 aliphatic carbocycles. The zero-order valence-electron chi connectivity index (χ0n) is 15.3. The fourth-order valence-corrected chi connectivity index (χ4v) is 4.09. The van der Waals surface area contributed by atoms with Gasteiger partial charge in [-0.1, -0.05) is 19.9 Å². The van der Waals surface area contributed by atoms with Crippen molar-refractivity contribution in [2.24, 2.45) is 0 Å². The van der Waals surface area contributed by atoms with Gasteiger partial charge in [-0.2, -0.15) is 4.31 Å². The van der Waals surface area contributed by atoms with E-state index in [1.807, 2.05) is 13.0 Å². The summed E-state index contributed by atoms with van der Waals surface area (Å²) in [5, 5.41) is 2.66. The van der Waals surface area contributed by atoms with Gasteiger partial charge >= 0.3 is 0 Å². The highest BCUT2D eigenvalue weighted by atomic mass is 32.2. The number of hydrogen-bond acceptors (Lipinski definition) is 5. The van der Waals surface area contributed by atoms with Crippen LogP contribution in [0.2, 0.25) is 0 Å². The molecule has 8 heteroatoms. The van der Waals surface area contributed by atoms with Gasteiger partial charge in [-0.3, -0.25) is 4.79 Å². The molecule has 0 bridgehead atoms. The highest BCUT2D eigenvalue weighted by Gasteiger charge is 2.26. The molecule has 1 amide bonds. The van der Waals surface area contributed by atoms with Crippen molar-refractivity contribution in [1.29, 1.82) is 0 Å². The molecule has 0 saturated heterocycles. The normalized spacial score (nSPS) is 11.4. The topological polar surface area (TPSA) is 88.6 Å². The average molecular weight is 377 g/mol. The van der Waals surface area contributed by atoms with Gasteiger partial charge in [0.2, 0.25) is 10.0 Å². The number of benzene rings is 1. The summed E-state index contributed by atoms with van der Waals surface area (Å²) in [4.78, 5) is 16.6. The van der Waals surface area contributed by atoms with E-state index in [9.17, 15) is 13.2 Å². The number of rotatable bonds is 7. The summed E-state index contributed by atoms with van der Waals surface area (Å²) in [6.07, 6.45) is 1.64. The first-order valence-electron chi connectivity index (χ1n) is 8.25. The molecule has 0 unspecified atom stereocenters. The molecule has 1 aromatic carbocycles. The van der Waals surface area contributed by atoms with Crippen LogP contribution < -0.4 is 10.1 Å². The Labute approximate surface area is 154 Å². The molecule has 7 nitrogen and oxygen atoms in total. The fourth-order valence-electron chi connectivity index (χ4n) is 2.45. The molecule has 1 heterocycles. The zero-order chi connectivity index (χ0) is 19.3. The van der Waals surface area contributed by atoms with Gasteiger partial charge in [-0.05, 0) is 36.8 Å². The number of amides is 1. The minimum atomic E-state index is -3.77. The summed E-state index contributed by atoms with van der Waals surface area (Å²) >= 11 is 0. The number of aromatic nitrogens is 1. The number of nitrogens with one attached hydrogen (secondary N) is 1. The van der Waals surface area contributed by atoms with Crippen LogP contribution in [0.5, 0.6) is 5.75 Å². The van der Waals surface area contributed by atoms with E-state index in [2.05, 4.69) is 10.3 Å². The average Bonchev–Trinajstić information content (AvgIpc) is 2.63. The lowest BCUT2D eigenvalue weighted by Crippen LogP contribution is -2.31. The molecule has 0 atom stereocenters. The molecule has 1 N–H and O–H groups in total. The fraction of sp³-hybridized carbons (Fsp3) is 0.333. The Kier molecular flexibility index (Phi) is 6.33. The van der Waals surface area contributed by atoms with Crippen molar-refractivity contribution in [2.75, 3.05) is 25.5 Å². The van der Waals surface area contributed by atoms with Gasteiger partial charge in [-0.25, -0.2) is 13.4 Å². The third-order valence-corrected chi connectivity index (χ3v) is 5.97. The molecule has 2 aromatic rings. The third kappa shape index (κ3) is 4.20. The number of methoxy groups -OCH3 is 1. The number of carbonyl (C=O) groups is 1. The third-order valence-electron chi connectivity index (χ3n) is 3.90. The summed E-state index contributed by atoms with van der Waals surface area (Å²) in [5.41, 5.74) is 1.18. The first kappa shape index (κ1) is 19.9. The van der Waals surface area contributed by atoms with Crippen LogP contribution in [-0.2, 0) is 10.0 Å². The van der Waals surface area contributed by atoms with Crippen LogP contribution in [0, 0.1) is 6.92 Å². The van der Waals surface area contributed by atoms with Crippen molar-refractivity contribution in [3.63, 3.8) is 0 Å². The molecule has 0 aliphatic heterocycles. The van der Waals surface area contributed by atoms with Crippen molar-refractivity contribution in [3.8, 4) is 5.75 Å². The Hall–Kier alpha value is -2.45. The molecule has 0 fully saturated rings. The lowest BCUT2D eigenvalue weighted by molar-refractivity contribution is 0.102. The van der Waals surface area contributed by atoms with Crippen molar-refractivity contribution in [3.05, 3.63) is 47.7 Å². The standard InChI is InChI=1S/C18H23N3O4S/c1-5-21(6-2)26(23,24)16-11-14(8-9-15(16)25-4)18(22)20-17-10-7-13(3)12-19-17/h7-12H,5-6H2,1-4H3,(H,19,20,22). The quantitative estimate of drug-likeness (QED) is 0.801. The monoisotopic (exact) mass is 377 g/mol. The van der Waals surface area contributed by atoms with Crippen molar-refractivity contribution in [1.82, 2.24) is 9.29 Å². The minimum absolute atomic E-state index is 0.0341. The number of hydrogen-bond donors (Lipinski definition) is 1. The second-order valence-electron chi connectivity index (χ2n) is 5.63. The van der Waals surface area contributed by atoms with Gasteiger partial charge in [0.15, 0.2) is 0 Å². The van der Waals surface area contributed by atoms with Gasteiger partial charge < -0.3 is 10.1 Å². The highest BCUT2D eigenvalue weighted by Crippen LogP contribution is 2.28. The van der Waals surface area contributed by atoms with Crippen LogP contribution in [-0.4, -0.2) is 43.8 Å². The first-order chi connectivity index (χ1) is 12.3. The van der Waals surface area contributed by atoms with Gasteiger partial charge in [0.05, 0.1) is 7.11 Å². The largest absolute Gasteiger partial charge is 0.495 e. The summed E-state index contributed by atoms with van der Waals surface area (Å²) < 4.78 is 32.2. The highest BCUT2D eigenvalue weighted by molar-refractivity contribution is 7.89. The van der Waals surface area contributed by atoms with Crippen molar-refractivity contribution < 1.29 is 17.9 Å². The number of aryl methyl sites for hydroxylation is 1. The maximum absolute atomic E-state index is 12.8. The molecule has 1 aromatic heterocycles. The number of ether oxygens (including phenoxy) is 1. The second-order valence-corrected chi connectivity index (χ2v) is 7.54. The van der Waals surface area contributed by atoms with Crippen LogP contribution in [0.3, 0.4) is 0 Å². The number of sulfonamides is 1. The van der Waals surface area contributed by atoms with Crippen LogP contribution in [0.25, 0.3) is 0 Å². The van der Waals surface area contributed by atoms with Gasteiger partial charge in [0.25, 0.3) is 5.91 Å². The number of carbonyl (C=O) groups excluding carboxylic acids is 1. The lowest BCUT2D eigenvalue weighted by Gasteiger charge is -2.20. The Balaban J connectivity index is 2.39. The van der Waals surface area contributed by atoms with Crippen LogP contribution in [0.4, 0.5) is 5.82 Å². The summed E-state index contributed by atoms with van der Waals surface area (Å²) in [6, 6.07) is 7.84. The maximum Gasteiger partial charge on any atom is 0.256 e. The van der Waals surface area contributed by atoms with E-state index in [0.717, 1.165) is 5.56 Å². The Morgan fingerprint density at radius 2 is 1.88 bits per heavy atom. The predicted molar refractivity (Wildman–Crippen MR) is 100 cm³/mol.